The number of piperazine rings is 1. The van der Waals surface area contributed by atoms with Gasteiger partial charge in [0.2, 0.25) is 0 Å². The van der Waals surface area contributed by atoms with Gasteiger partial charge in [-0.2, -0.15) is 5.10 Å². The Morgan fingerprint density at radius 2 is 1.48 bits per heavy atom. The first-order valence-corrected chi connectivity index (χ1v) is 10.7. The molecule has 3 aromatic rings. The standard InChI is InChI=1S/C25H28N4O2/c1-19-18-20(2)29(26-19)17-14-27-12-15-28(16-13-27)25(31)23-11-7-6-10-22(23)24(30)21-8-4-3-5-9-21/h3-11,18H,12-17H2,1-2H3. The van der Waals surface area contributed by atoms with Crippen LogP contribution in [0.25, 0.3) is 0 Å². The molecule has 1 amide bonds. The fourth-order valence-electron chi connectivity index (χ4n) is 4.10. The van der Waals surface area contributed by atoms with Crippen molar-refractivity contribution in [2.45, 2.75) is 20.4 Å². The van der Waals surface area contributed by atoms with Crippen LogP contribution in [0.5, 0.6) is 0 Å². The van der Waals surface area contributed by atoms with Gasteiger partial charge in [0.1, 0.15) is 0 Å². The molecule has 1 aliphatic heterocycles. The zero-order valence-corrected chi connectivity index (χ0v) is 18.1. The summed E-state index contributed by atoms with van der Waals surface area (Å²) in [6.45, 7) is 8.79. The van der Waals surface area contributed by atoms with Crippen molar-refractivity contribution in [1.82, 2.24) is 19.6 Å². The van der Waals surface area contributed by atoms with Crippen LogP contribution in [0.2, 0.25) is 0 Å². The van der Waals surface area contributed by atoms with Crippen molar-refractivity contribution < 1.29 is 9.59 Å². The Morgan fingerprint density at radius 3 is 2.13 bits per heavy atom. The zero-order valence-electron chi connectivity index (χ0n) is 18.1. The van der Waals surface area contributed by atoms with Crippen molar-refractivity contribution in [1.29, 1.82) is 0 Å². The molecule has 0 atom stereocenters. The van der Waals surface area contributed by atoms with E-state index in [1.54, 1.807) is 24.3 Å². The highest BCUT2D eigenvalue weighted by Crippen LogP contribution is 2.18. The van der Waals surface area contributed by atoms with Gasteiger partial charge in [-0.15, -0.1) is 0 Å². The maximum absolute atomic E-state index is 13.2. The van der Waals surface area contributed by atoms with Crippen LogP contribution in [0.1, 0.15) is 37.7 Å². The highest BCUT2D eigenvalue weighted by Gasteiger charge is 2.25. The lowest BCUT2D eigenvalue weighted by Crippen LogP contribution is -2.49. The van der Waals surface area contributed by atoms with E-state index in [0.29, 0.717) is 29.8 Å². The quantitative estimate of drug-likeness (QED) is 0.579. The normalized spacial score (nSPS) is 14.6. The first-order valence-electron chi connectivity index (χ1n) is 10.7. The average molecular weight is 417 g/mol. The average Bonchev–Trinajstić information content (AvgIpc) is 3.14. The number of hydrogen-bond donors (Lipinski definition) is 0. The molecule has 31 heavy (non-hydrogen) atoms. The molecule has 0 unspecified atom stereocenters. The second kappa shape index (κ2) is 9.27. The molecule has 6 heteroatoms. The van der Waals surface area contributed by atoms with E-state index in [4.69, 9.17) is 0 Å². The third-order valence-electron chi connectivity index (χ3n) is 5.83. The zero-order chi connectivity index (χ0) is 21.8. The Balaban J connectivity index is 1.39. The summed E-state index contributed by atoms with van der Waals surface area (Å²) in [7, 11) is 0. The number of carbonyl (C=O) groups excluding carboxylic acids is 2. The predicted molar refractivity (Wildman–Crippen MR) is 120 cm³/mol. The van der Waals surface area contributed by atoms with Gasteiger partial charge in [0.25, 0.3) is 5.91 Å². The van der Waals surface area contributed by atoms with Gasteiger partial charge in [-0.1, -0.05) is 48.5 Å². The second-order valence-corrected chi connectivity index (χ2v) is 8.02. The third-order valence-corrected chi connectivity index (χ3v) is 5.83. The van der Waals surface area contributed by atoms with Gasteiger partial charge >= 0.3 is 0 Å². The monoisotopic (exact) mass is 416 g/mol. The largest absolute Gasteiger partial charge is 0.336 e. The predicted octanol–water partition coefficient (Wildman–Crippen LogP) is 3.19. The van der Waals surface area contributed by atoms with E-state index in [9.17, 15) is 9.59 Å². The number of aromatic nitrogens is 2. The van der Waals surface area contributed by atoms with E-state index in [2.05, 4.69) is 23.0 Å². The highest BCUT2D eigenvalue weighted by molar-refractivity contribution is 6.15. The van der Waals surface area contributed by atoms with Crippen molar-refractivity contribution in [3.63, 3.8) is 0 Å². The smallest absolute Gasteiger partial charge is 0.254 e. The van der Waals surface area contributed by atoms with Gasteiger partial charge in [0.15, 0.2) is 5.78 Å². The van der Waals surface area contributed by atoms with Gasteiger partial charge < -0.3 is 4.90 Å². The molecular formula is C25H28N4O2. The minimum absolute atomic E-state index is 0.0712. The number of rotatable bonds is 6. The molecule has 4 rings (SSSR count). The maximum Gasteiger partial charge on any atom is 0.254 e. The maximum atomic E-state index is 13.2. The Bertz CT molecular complexity index is 1070. The van der Waals surface area contributed by atoms with Crippen molar-refractivity contribution in [3.8, 4) is 0 Å². The Labute approximate surface area is 183 Å². The minimum Gasteiger partial charge on any atom is -0.336 e. The topological polar surface area (TPSA) is 58.4 Å². The fraction of sp³-hybridized carbons (Fsp3) is 0.320. The number of benzene rings is 2. The SMILES string of the molecule is Cc1cc(C)n(CCN2CCN(C(=O)c3ccccc3C(=O)c3ccccc3)CC2)n1. The number of hydrogen-bond acceptors (Lipinski definition) is 4. The first-order chi connectivity index (χ1) is 15.0. The van der Waals surface area contributed by atoms with Gasteiger partial charge in [0.05, 0.1) is 17.8 Å². The summed E-state index contributed by atoms with van der Waals surface area (Å²) < 4.78 is 2.04. The summed E-state index contributed by atoms with van der Waals surface area (Å²) in [5.41, 5.74) is 3.75. The summed E-state index contributed by atoms with van der Waals surface area (Å²) in [6, 6.07) is 18.3. The lowest BCUT2D eigenvalue weighted by molar-refractivity contribution is 0.0629. The van der Waals surface area contributed by atoms with Crippen LogP contribution in [-0.4, -0.2) is 64.0 Å². The van der Waals surface area contributed by atoms with E-state index < -0.39 is 0 Å². The van der Waals surface area contributed by atoms with Gasteiger partial charge in [0, 0.05) is 49.5 Å². The summed E-state index contributed by atoms with van der Waals surface area (Å²) in [6.07, 6.45) is 0. The molecule has 160 valence electrons. The highest BCUT2D eigenvalue weighted by atomic mass is 16.2. The fourth-order valence-corrected chi connectivity index (χ4v) is 4.10. The Kier molecular flexibility index (Phi) is 6.28. The second-order valence-electron chi connectivity index (χ2n) is 8.02. The molecule has 1 aliphatic rings. The van der Waals surface area contributed by atoms with Crippen LogP contribution in [0.3, 0.4) is 0 Å². The first kappa shape index (κ1) is 21.0. The van der Waals surface area contributed by atoms with Gasteiger partial charge in [-0.3, -0.25) is 19.2 Å². The molecule has 0 radical (unpaired) electrons. The summed E-state index contributed by atoms with van der Waals surface area (Å²) in [5.74, 6) is -0.189. The number of nitrogens with zero attached hydrogens (tertiary/aromatic N) is 4. The van der Waals surface area contributed by atoms with Crippen LogP contribution in [0.15, 0.2) is 60.7 Å². The summed E-state index contributed by atoms with van der Waals surface area (Å²) in [4.78, 5) is 30.4. The van der Waals surface area contributed by atoms with Crippen LogP contribution in [-0.2, 0) is 6.54 Å². The third kappa shape index (κ3) is 4.75. The minimum atomic E-state index is -0.118. The molecule has 0 bridgehead atoms. The molecule has 0 N–H and O–H groups in total. The van der Waals surface area contributed by atoms with E-state index in [0.717, 1.165) is 31.9 Å². The molecule has 0 saturated carbocycles. The van der Waals surface area contributed by atoms with Crippen LogP contribution in [0.4, 0.5) is 0 Å². The van der Waals surface area contributed by atoms with Crippen LogP contribution >= 0.6 is 0 Å². The van der Waals surface area contributed by atoms with E-state index >= 15 is 0 Å². The molecule has 2 heterocycles. The number of amides is 1. The molecule has 1 fully saturated rings. The van der Waals surface area contributed by atoms with Crippen molar-refractivity contribution in [2.75, 3.05) is 32.7 Å². The summed E-state index contributed by atoms with van der Waals surface area (Å²) >= 11 is 0. The Morgan fingerprint density at radius 1 is 0.839 bits per heavy atom. The lowest BCUT2D eigenvalue weighted by atomic mass is 9.97. The molecule has 0 aliphatic carbocycles. The Hall–Kier alpha value is -3.25. The van der Waals surface area contributed by atoms with Crippen molar-refractivity contribution in [3.05, 3.63) is 88.7 Å². The number of carbonyl (C=O) groups is 2. The molecule has 0 spiro atoms. The van der Waals surface area contributed by atoms with E-state index in [-0.39, 0.29) is 11.7 Å². The van der Waals surface area contributed by atoms with Crippen molar-refractivity contribution >= 4 is 11.7 Å². The molecular weight excluding hydrogens is 388 g/mol. The van der Waals surface area contributed by atoms with E-state index in [1.807, 2.05) is 46.8 Å². The lowest BCUT2D eigenvalue weighted by Gasteiger charge is -2.35. The molecule has 1 aromatic heterocycles. The van der Waals surface area contributed by atoms with Gasteiger partial charge in [-0.25, -0.2) is 0 Å². The van der Waals surface area contributed by atoms with E-state index in [1.165, 1.54) is 5.69 Å². The number of aryl methyl sites for hydroxylation is 2. The molecule has 6 nitrogen and oxygen atoms in total. The summed E-state index contributed by atoms with van der Waals surface area (Å²) in [5, 5.41) is 4.52. The van der Waals surface area contributed by atoms with Crippen LogP contribution < -0.4 is 0 Å². The van der Waals surface area contributed by atoms with Crippen LogP contribution in [0, 0.1) is 13.8 Å². The molecule has 1 saturated heterocycles. The van der Waals surface area contributed by atoms with Crippen molar-refractivity contribution in [2.24, 2.45) is 0 Å². The van der Waals surface area contributed by atoms with Gasteiger partial charge in [-0.05, 0) is 26.0 Å². The molecule has 2 aromatic carbocycles. The number of ketones is 1.